The van der Waals surface area contributed by atoms with Gasteiger partial charge in [0.15, 0.2) is 0 Å². The molecule has 12 heteroatoms. The molecular formula is C17H7BrF10N. The lowest BCUT2D eigenvalue weighted by Gasteiger charge is -2.45. The van der Waals surface area contributed by atoms with Gasteiger partial charge in [0.25, 0.3) is 0 Å². The summed E-state index contributed by atoms with van der Waals surface area (Å²) in [5.74, 6) is 0. The molecule has 29 heavy (non-hydrogen) atoms. The maximum Gasteiger partial charge on any atom is 0.433 e. The molecule has 1 aromatic rings. The molecule has 0 aromatic heterocycles. The summed E-state index contributed by atoms with van der Waals surface area (Å²) in [5.41, 5.74) is -14.3. The van der Waals surface area contributed by atoms with Crippen molar-refractivity contribution < 1.29 is 43.9 Å². The number of halogens is 11. The Balaban J connectivity index is 3.12. The van der Waals surface area contributed by atoms with Crippen LogP contribution < -0.4 is 0 Å². The van der Waals surface area contributed by atoms with Gasteiger partial charge in [-0.15, -0.1) is 0 Å². The fraction of sp³-hybridized carbons (Fsp3) is 0.294. The Morgan fingerprint density at radius 2 is 1.34 bits per heavy atom. The summed E-state index contributed by atoms with van der Waals surface area (Å²) in [7, 11) is 0. The maximum atomic E-state index is 15.2. The minimum Gasteiger partial charge on any atom is -0.222 e. The number of hydrogen-bond donors (Lipinski definition) is 0. The molecule has 1 atom stereocenters. The Labute approximate surface area is 165 Å². The SMILES string of the molecule is N#Cc1ccccc1C1(C(F)(C(F)(F)F)C(F)(F)F)C=C(Br)[CH]C(C(F)(F)F)=C1. The van der Waals surface area contributed by atoms with Gasteiger partial charge in [0, 0.05) is 16.5 Å². The van der Waals surface area contributed by atoms with E-state index < -0.39 is 56.9 Å². The first kappa shape index (κ1) is 23.3. The molecule has 0 aliphatic heterocycles. The van der Waals surface area contributed by atoms with Crippen LogP contribution in [0.4, 0.5) is 43.9 Å². The number of benzene rings is 1. The largest absolute Gasteiger partial charge is 0.433 e. The third-order valence-electron chi connectivity index (χ3n) is 4.21. The van der Waals surface area contributed by atoms with Gasteiger partial charge in [-0.2, -0.15) is 44.8 Å². The Bertz CT molecular complexity index is 887. The van der Waals surface area contributed by atoms with Crippen molar-refractivity contribution >= 4 is 15.9 Å². The van der Waals surface area contributed by atoms with Crippen molar-refractivity contribution in [2.45, 2.75) is 29.6 Å². The molecule has 0 heterocycles. The van der Waals surface area contributed by atoms with Crippen LogP contribution in [0.25, 0.3) is 0 Å². The molecule has 1 radical (unpaired) electrons. The van der Waals surface area contributed by atoms with E-state index in [2.05, 4.69) is 15.9 Å². The molecule has 0 fully saturated rings. The molecule has 1 nitrogen and oxygen atoms in total. The van der Waals surface area contributed by atoms with Crippen LogP contribution in [0.5, 0.6) is 0 Å². The fourth-order valence-electron chi connectivity index (χ4n) is 3.01. The van der Waals surface area contributed by atoms with Gasteiger partial charge in [-0.3, -0.25) is 0 Å². The topological polar surface area (TPSA) is 23.8 Å². The van der Waals surface area contributed by atoms with Crippen LogP contribution in [0.15, 0.2) is 46.5 Å². The third-order valence-corrected chi connectivity index (χ3v) is 4.67. The average molecular weight is 495 g/mol. The maximum absolute atomic E-state index is 15.2. The van der Waals surface area contributed by atoms with E-state index >= 15 is 4.39 Å². The van der Waals surface area contributed by atoms with Crippen molar-refractivity contribution in [3.05, 3.63) is 64.0 Å². The lowest BCUT2D eigenvalue weighted by molar-refractivity contribution is -0.354. The first-order chi connectivity index (χ1) is 13.0. The first-order valence-electron chi connectivity index (χ1n) is 7.36. The van der Waals surface area contributed by atoms with E-state index in [1.165, 1.54) is 6.07 Å². The first-order valence-corrected chi connectivity index (χ1v) is 8.15. The number of hydrogen-bond acceptors (Lipinski definition) is 1. The van der Waals surface area contributed by atoms with Crippen molar-refractivity contribution in [3.63, 3.8) is 0 Å². The van der Waals surface area contributed by atoms with Gasteiger partial charge in [-0.05, 0) is 11.6 Å². The molecule has 1 aliphatic rings. The van der Waals surface area contributed by atoms with Gasteiger partial charge in [0.1, 0.15) is 0 Å². The molecule has 0 saturated heterocycles. The van der Waals surface area contributed by atoms with Gasteiger partial charge in [0.2, 0.25) is 0 Å². The Hall–Kier alpha value is -2.03. The minimum atomic E-state index is -6.69. The highest BCUT2D eigenvalue weighted by Crippen LogP contribution is 2.61. The number of allylic oxidation sites excluding steroid dienone is 4. The van der Waals surface area contributed by atoms with E-state index in [1.807, 2.05) is 0 Å². The van der Waals surface area contributed by atoms with Gasteiger partial charge in [-0.1, -0.05) is 46.3 Å². The molecule has 157 valence electrons. The van der Waals surface area contributed by atoms with Gasteiger partial charge in [-0.25, -0.2) is 4.39 Å². The quantitative estimate of drug-likeness (QED) is 0.424. The zero-order chi connectivity index (χ0) is 22.5. The molecule has 2 rings (SSSR count). The summed E-state index contributed by atoms with van der Waals surface area (Å²) >= 11 is 2.45. The van der Waals surface area contributed by atoms with E-state index in [0.717, 1.165) is 18.2 Å². The second-order valence-electron chi connectivity index (χ2n) is 5.95. The second kappa shape index (κ2) is 7.04. The Kier molecular flexibility index (Phi) is 5.64. The van der Waals surface area contributed by atoms with Crippen molar-refractivity contribution in [1.82, 2.24) is 0 Å². The van der Waals surface area contributed by atoms with E-state index in [1.54, 1.807) is 0 Å². The van der Waals surface area contributed by atoms with Crippen LogP contribution in [-0.4, -0.2) is 24.2 Å². The number of nitrogens with zero attached hydrogens (tertiary/aromatic N) is 1. The predicted molar refractivity (Wildman–Crippen MR) is 84.2 cm³/mol. The molecule has 1 aliphatic carbocycles. The number of nitriles is 1. The number of alkyl halides is 10. The minimum absolute atomic E-state index is 0.0272. The van der Waals surface area contributed by atoms with Gasteiger partial charge < -0.3 is 0 Å². The van der Waals surface area contributed by atoms with Crippen molar-refractivity contribution in [3.8, 4) is 6.07 Å². The highest BCUT2D eigenvalue weighted by Gasteiger charge is 2.81. The van der Waals surface area contributed by atoms with E-state index in [-0.39, 0.29) is 12.5 Å². The average Bonchev–Trinajstić information content (AvgIpc) is 2.57. The normalized spacial score (nSPS) is 21.3. The van der Waals surface area contributed by atoms with E-state index in [0.29, 0.717) is 6.07 Å². The van der Waals surface area contributed by atoms with Crippen molar-refractivity contribution in [1.29, 1.82) is 5.26 Å². The molecule has 0 spiro atoms. The summed E-state index contributed by atoms with van der Waals surface area (Å²) in [5, 5.41) is 9.11. The lowest BCUT2D eigenvalue weighted by Crippen LogP contribution is -2.65. The predicted octanol–water partition coefficient (Wildman–Crippen LogP) is 6.61. The molecule has 0 bridgehead atoms. The summed E-state index contributed by atoms with van der Waals surface area (Å²) in [4.78, 5) is 0. The van der Waals surface area contributed by atoms with Crippen LogP contribution in [0.3, 0.4) is 0 Å². The summed E-state index contributed by atoms with van der Waals surface area (Å²) in [6.45, 7) is 0. The van der Waals surface area contributed by atoms with Crippen LogP contribution in [0.1, 0.15) is 11.1 Å². The standard InChI is InChI=1S/C17H7BrF10N/c18-11-5-10(14(19,20)21)6-13(7-11,12-4-2-1-3-9(12)8-29)15(22,16(23,24)25)17(26,27)28/h1-7H. The zero-order valence-electron chi connectivity index (χ0n) is 13.6. The summed E-state index contributed by atoms with van der Waals surface area (Å²) in [6.07, 6.45) is -19.0. The van der Waals surface area contributed by atoms with Crippen molar-refractivity contribution in [2.24, 2.45) is 0 Å². The highest BCUT2D eigenvalue weighted by atomic mass is 79.9. The van der Waals surface area contributed by atoms with Crippen LogP contribution >= 0.6 is 15.9 Å². The number of rotatable bonds is 2. The molecule has 0 amide bonds. The molecule has 1 unspecified atom stereocenters. The molecular weight excluding hydrogens is 488 g/mol. The molecule has 0 N–H and O–H groups in total. The van der Waals surface area contributed by atoms with Gasteiger partial charge >= 0.3 is 24.2 Å². The fourth-order valence-corrected chi connectivity index (χ4v) is 3.62. The van der Waals surface area contributed by atoms with E-state index in [4.69, 9.17) is 5.26 Å². The van der Waals surface area contributed by atoms with E-state index in [9.17, 15) is 39.5 Å². The van der Waals surface area contributed by atoms with Crippen LogP contribution in [0, 0.1) is 17.8 Å². The van der Waals surface area contributed by atoms with Crippen LogP contribution in [-0.2, 0) is 5.41 Å². The Morgan fingerprint density at radius 3 is 1.79 bits per heavy atom. The van der Waals surface area contributed by atoms with Crippen LogP contribution in [0.2, 0.25) is 0 Å². The highest BCUT2D eigenvalue weighted by molar-refractivity contribution is 9.11. The smallest absolute Gasteiger partial charge is 0.222 e. The molecule has 0 saturated carbocycles. The zero-order valence-corrected chi connectivity index (χ0v) is 15.2. The monoisotopic (exact) mass is 494 g/mol. The summed E-state index contributed by atoms with van der Waals surface area (Å²) in [6, 6.07) is 4.54. The summed E-state index contributed by atoms with van der Waals surface area (Å²) < 4.78 is 135. The Morgan fingerprint density at radius 1 is 0.828 bits per heavy atom. The van der Waals surface area contributed by atoms with Gasteiger partial charge in [0.05, 0.1) is 17.0 Å². The lowest BCUT2D eigenvalue weighted by atomic mass is 9.63. The third kappa shape index (κ3) is 3.65. The second-order valence-corrected chi connectivity index (χ2v) is 6.87. The molecule has 1 aromatic carbocycles. The van der Waals surface area contributed by atoms with Crippen molar-refractivity contribution in [2.75, 3.05) is 0 Å².